The molecule has 1 aromatic heterocycles. The Morgan fingerprint density at radius 2 is 1.39 bits per heavy atom. The Morgan fingerprint density at radius 1 is 0.861 bits per heavy atom. The number of hydrogen-bond acceptors (Lipinski definition) is 5. The van der Waals surface area contributed by atoms with Crippen molar-refractivity contribution in [2.75, 3.05) is 18.0 Å². The largest absolute Gasteiger partial charge is 0.494 e. The molecule has 0 aliphatic carbocycles. The summed E-state index contributed by atoms with van der Waals surface area (Å²) in [5.74, 6) is -0.243. The summed E-state index contributed by atoms with van der Waals surface area (Å²) in [4.78, 5) is 20.5. The van der Waals surface area contributed by atoms with Crippen molar-refractivity contribution in [3.63, 3.8) is 0 Å². The molecule has 0 radical (unpaired) electrons. The lowest BCUT2D eigenvalue weighted by Gasteiger charge is -2.20. The van der Waals surface area contributed by atoms with E-state index in [4.69, 9.17) is 12.2 Å². The van der Waals surface area contributed by atoms with E-state index >= 15 is 0 Å². The molecule has 4 rings (SSSR count). The molecule has 0 aliphatic rings. The summed E-state index contributed by atoms with van der Waals surface area (Å²) in [5, 5.41) is 11.3. The van der Waals surface area contributed by atoms with Crippen LogP contribution in [-0.4, -0.2) is 33.5 Å². The second-order valence-corrected chi connectivity index (χ2v) is 8.88. The van der Waals surface area contributed by atoms with Gasteiger partial charge in [0.1, 0.15) is 5.56 Å². The number of benzene rings is 3. The first-order chi connectivity index (χ1) is 17.4. The van der Waals surface area contributed by atoms with Crippen LogP contribution in [0, 0.1) is 18.6 Å². The van der Waals surface area contributed by atoms with Gasteiger partial charge in [-0.1, -0.05) is 36.4 Å². The average Bonchev–Trinajstić information content (AvgIpc) is 2.88. The van der Waals surface area contributed by atoms with Crippen LogP contribution in [0.15, 0.2) is 82.6 Å². The van der Waals surface area contributed by atoms with E-state index in [0.717, 1.165) is 29.9 Å². The Bertz CT molecular complexity index is 1530. The summed E-state index contributed by atoms with van der Waals surface area (Å²) in [5.41, 5.74) is 4.57. The molecule has 0 bridgehead atoms. The molecule has 4 aromatic rings. The van der Waals surface area contributed by atoms with Crippen LogP contribution in [0.3, 0.4) is 0 Å². The van der Waals surface area contributed by atoms with Crippen LogP contribution in [0.25, 0.3) is 11.4 Å². The lowest BCUT2D eigenvalue weighted by atomic mass is 10.1. The topological polar surface area (TPSA) is 62.8 Å². The minimum atomic E-state index is -0.430. The van der Waals surface area contributed by atoms with Crippen LogP contribution in [-0.2, 0) is 0 Å². The van der Waals surface area contributed by atoms with E-state index in [0.29, 0.717) is 17.1 Å². The van der Waals surface area contributed by atoms with Gasteiger partial charge < -0.3 is 10.0 Å². The molecular formula is C29H30N4O2S. The fourth-order valence-electron chi connectivity index (χ4n) is 4.26. The van der Waals surface area contributed by atoms with Gasteiger partial charge >= 0.3 is 0 Å². The van der Waals surface area contributed by atoms with Gasteiger partial charge in [0.2, 0.25) is 5.88 Å². The molecule has 0 fully saturated rings. The Labute approximate surface area is 216 Å². The average molecular weight is 499 g/mol. The van der Waals surface area contributed by atoms with Gasteiger partial charge in [-0.25, -0.2) is 0 Å². The Balaban J connectivity index is 1.92. The standard InChI is InChI=1S/C29H30N4O2S/c1-5-31(6-2)23-17-15-22(16-18-23)30-19-24-27(34)32(25-13-9-7-11-20(25)3)29(36)33(28(24)35)26-14-10-8-12-21(26)4/h7-19,34H,5-6H2,1-4H3. The number of aromatic hydroxyl groups is 1. The number of anilines is 1. The molecule has 6 nitrogen and oxygen atoms in total. The van der Waals surface area contributed by atoms with Crippen molar-refractivity contribution < 1.29 is 5.11 Å². The van der Waals surface area contributed by atoms with Crippen LogP contribution in [0.1, 0.15) is 30.5 Å². The zero-order chi connectivity index (χ0) is 25.8. The first-order valence-electron chi connectivity index (χ1n) is 12.0. The van der Waals surface area contributed by atoms with Gasteiger partial charge in [-0.15, -0.1) is 0 Å². The van der Waals surface area contributed by atoms with E-state index in [1.807, 2.05) is 86.6 Å². The summed E-state index contributed by atoms with van der Waals surface area (Å²) in [6.07, 6.45) is 1.42. The first kappa shape index (κ1) is 25.1. The third kappa shape index (κ3) is 4.75. The molecule has 0 atom stereocenters. The fraction of sp³-hybridized carbons (Fsp3) is 0.207. The van der Waals surface area contributed by atoms with Gasteiger partial charge in [-0.05, 0) is 87.4 Å². The number of para-hydroxylation sites is 2. The Hall–Kier alpha value is -3.97. The van der Waals surface area contributed by atoms with Crippen molar-refractivity contribution >= 4 is 29.8 Å². The minimum Gasteiger partial charge on any atom is -0.494 e. The predicted octanol–water partition coefficient (Wildman–Crippen LogP) is 6.28. The van der Waals surface area contributed by atoms with E-state index in [9.17, 15) is 9.90 Å². The number of nitrogens with zero attached hydrogens (tertiary/aromatic N) is 4. The van der Waals surface area contributed by atoms with Crippen LogP contribution >= 0.6 is 12.2 Å². The van der Waals surface area contributed by atoms with Gasteiger partial charge in [0.25, 0.3) is 5.56 Å². The van der Waals surface area contributed by atoms with Crippen molar-refractivity contribution in [1.82, 2.24) is 9.13 Å². The van der Waals surface area contributed by atoms with E-state index in [1.165, 1.54) is 15.3 Å². The quantitative estimate of drug-likeness (QED) is 0.241. The van der Waals surface area contributed by atoms with Crippen LogP contribution in [0.2, 0.25) is 0 Å². The summed E-state index contributed by atoms with van der Waals surface area (Å²) in [6.45, 7) is 9.92. The van der Waals surface area contributed by atoms with Crippen LogP contribution in [0.5, 0.6) is 5.88 Å². The normalized spacial score (nSPS) is 11.2. The van der Waals surface area contributed by atoms with E-state index in [1.54, 1.807) is 0 Å². The van der Waals surface area contributed by atoms with Gasteiger partial charge in [-0.3, -0.25) is 18.9 Å². The van der Waals surface area contributed by atoms with Crippen LogP contribution in [0.4, 0.5) is 11.4 Å². The molecule has 0 saturated carbocycles. The second-order valence-electron chi connectivity index (χ2n) is 8.52. The minimum absolute atomic E-state index is 0.0583. The summed E-state index contributed by atoms with van der Waals surface area (Å²) >= 11 is 5.77. The molecule has 1 N–H and O–H groups in total. The van der Waals surface area contributed by atoms with Crippen molar-refractivity contribution in [3.8, 4) is 17.3 Å². The van der Waals surface area contributed by atoms with Crippen molar-refractivity contribution in [3.05, 3.63) is 105 Å². The maximum absolute atomic E-state index is 13.7. The lowest BCUT2D eigenvalue weighted by Crippen LogP contribution is -2.27. The summed E-state index contributed by atoms with van der Waals surface area (Å²) in [7, 11) is 0. The number of rotatable bonds is 7. The molecule has 0 unspecified atom stereocenters. The maximum atomic E-state index is 13.7. The molecule has 0 amide bonds. The monoisotopic (exact) mass is 498 g/mol. The molecule has 1 heterocycles. The highest BCUT2D eigenvalue weighted by Crippen LogP contribution is 2.25. The molecule has 0 aliphatic heterocycles. The van der Waals surface area contributed by atoms with Crippen LogP contribution < -0.4 is 10.5 Å². The highest BCUT2D eigenvalue weighted by atomic mass is 32.1. The highest BCUT2D eigenvalue weighted by Gasteiger charge is 2.19. The number of aryl methyl sites for hydroxylation is 2. The molecular weight excluding hydrogens is 468 g/mol. The number of aliphatic imine (C=N–C) groups is 1. The Morgan fingerprint density at radius 3 is 1.92 bits per heavy atom. The molecule has 7 heteroatoms. The van der Waals surface area contributed by atoms with Crippen molar-refractivity contribution in [2.45, 2.75) is 27.7 Å². The third-order valence-electron chi connectivity index (χ3n) is 6.30. The summed E-state index contributed by atoms with van der Waals surface area (Å²) in [6, 6.07) is 22.9. The van der Waals surface area contributed by atoms with Gasteiger partial charge in [0.15, 0.2) is 4.77 Å². The van der Waals surface area contributed by atoms with Crippen molar-refractivity contribution in [1.29, 1.82) is 0 Å². The molecule has 36 heavy (non-hydrogen) atoms. The van der Waals surface area contributed by atoms with Crippen molar-refractivity contribution in [2.24, 2.45) is 4.99 Å². The van der Waals surface area contributed by atoms with Gasteiger partial charge in [0, 0.05) is 25.0 Å². The predicted molar refractivity (Wildman–Crippen MR) is 151 cm³/mol. The Kier molecular flexibility index (Phi) is 7.50. The number of hydrogen-bond donors (Lipinski definition) is 1. The first-order valence-corrected chi connectivity index (χ1v) is 12.4. The fourth-order valence-corrected chi connectivity index (χ4v) is 4.63. The second kappa shape index (κ2) is 10.7. The maximum Gasteiger partial charge on any atom is 0.271 e. The van der Waals surface area contributed by atoms with Gasteiger partial charge in [0.05, 0.1) is 17.1 Å². The third-order valence-corrected chi connectivity index (χ3v) is 6.67. The van der Waals surface area contributed by atoms with Gasteiger partial charge in [-0.2, -0.15) is 0 Å². The smallest absolute Gasteiger partial charge is 0.271 e. The molecule has 3 aromatic carbocycles. The van der Waals surface area contributed by atoms with E-state index in [2.05, 4.69) is 23.7 Å². The van der Waals surface area contributed by atoms with E-state index in [-0.39, 0.29) is 16.2 Å². The highest BCUT2D eigenvalue weighted by molar-refractivity contribution is 7.71. The molecule has 0 spiro atoms. The summed E-state index contributed by atoms with van der Waals surface area (Å²) < 4.78 is 3.17. The number of aromatic nitrogens is 2. The SMILES string of the molecule is CCN(CC)c1ccc(N=Cc2c(O)n(-c3ccccc3C)c(=S)n(-c3ccccc3C)c2=O)cc1. The zero-order valence-corrected chi connectivity index (χ0v) is 21.8. The molecule has 184 valence electrons. The lowest BCUT2D eigenvalue weighted by molar-refractivity contribution is 0.429. The van der Waals surface area contributed by atoms with E-state index < -0.39 is 5.56 Å². The molecule has 0 saturated heterocycles. The zero-order valence-electron chi connectivity index (χ0n) is 21.0.